The number of benzene rings is 1. The summed E-state index contributed by atoms with van der Waals surface area (Å²) in [6.07, 6.45) is 2.70. The number of nitrogens with zero attached hydrogens (tertiary/aromatic N) is 1. The van der Waals surface area contributed by atoms with Gasteiger partial charge in [0.05, 0.1) is 0 Å². The summed E-state index contributed by atoms with van der Waals surface area (Å²) in [5.74, 6) is 0.0159. The number of hydrogen-bond acceptors (Lipinski definition) is 3. The van der Waals surface area contributed by atoms with Crippen LogP contribution in [0.3, 0.4) is 0 Å². The molecular weight excluding hydrogens is 244 g/mol. The number of nitrogens with one attached hydrogen (secondary N) is 1. The van der Waals surface area contributed by atoms with E-state index in [0.29, 0.717) is 18.7 Å². The molecule has 0 heterocycles. The third-order valence-corrected chi connectivity index (χ3v) is 2.52. The lowest BCUT2D eigenvalue weighted by Crippen LogP contribution is -2.24. The molecular formula is C13H20N4O2. The minimum atomic E-state index is -0.180. The van der Waals surface area contributed by atoms with Gasteiger partial charge in [0, 0.05) is 18.7 Å². The molecule has 0 atom stereocenters. The lowest BCUT2D eigenvalue weighted by Gasteiger charge is -2.05. The number of guanidine groups is 1. The molecule has 0 aliphatic carbocycles. The molecule has 6 heteroatoms. The SMILES string of the molecule is NC(N)=NCCCCCNC(=O)c1cccc(O)c1. The zero-order valence-corrected chi connectivity index (χ0v) is 10.8. The molecule has 6 nitrogen and oxygen atoms in total. The van der Waals surface area contributed by atoms with Crippen molar-refractivity contribution in [3.05, 3.63) is 29.8 Å². The third-order valence-electron chi connectivity index (χ3n) is 2.52. The van der Waals surface area contributed by atoms with Crippen LogP contribution < -0.4 is 16.8 Å². The van der Waals surface area contributed by atoms with E-state index in [9.17, 15) is 9.90 Å². The number of aliphatic imine (C=N–C) groups is 1. The number of phenolic OH excluding ortho intramolecular Hbond substituents is 1. The zero-order valence-electron chi connectivity index (χ0n) is 10.8. The molecule has 1 rings (SSSR count). The van der Waals surface area contributed by atoms with Gasteiger partial charge in [-0.05, 0) is 37.5 Å². The van der Waals surface area contributed by atoms with Gasteiger partial charge in [-0.15, -0.1) is 0 Å². The van der Waals surface area contributed by atoms with Crippen molar-refractivity contribution in [2.45, 2.75) is 19.3 Å². The Morgan fingerprint density at radius 2 is 2.05 bits per heavy atom. The average Bonchev–Trinajstić information content (AvgIpc) is 2.37. The lowest BCUT2D eigenvalue weighted by molar-refractivity contribution is 0.0952. The average molecular weight is 264 g/mol. The van der Waals surface area contributed by atoms with Crippen LogP contribution in [0, 0.1) is 0 Å². The van der Waals surface area contributed by atoms with Crippen LogP contribution in [0.4, 0.5) is 0 Å². The highest BCUT2D eigenvalue weighted by Crippen LogP contribution is 2.10. The van der Waals surface area contributed by atoms with Crippen LogP contribution in [-0.2, 0) is 0 Å². The Morgan fingerprint density at radius 3 is 2.74 bits per heavy atom. The molecule has 1 aromatic carbocycles. The van der Waals surface area contributed by atoms with Gasteiger partial charge in [-0.3, -0.25) is 9.79 Å². The zero-order chi connectivity index (χ0) is 14.1. The highest BCUT2D eigenvalue weighted by atomic mass is 16.3. The van der Waals surface area contributed by atoms with Crippen molar-refractivity contribution in [3.63, 3.8) is 0 Å². The predicted octanol–water partition coefficient (Wildman–Crippen LogP) is 0.566. The van der Waals surface area contributed by atoms with E-state index in [1.165, 1.54) is 12.1 Å². The number of rotatable bonds is 7. The Bertz CT molecular complexity index is 442. The van der Waals surface area contributed by atoms with Crippen LogP contribution >= 0.6 is 0 Å². The Labute approximate surface area is 112 Å². The summed E-state index contributed by atoms with van der Waals surface area (Å²) >= 11 is 0. The molecule has 0 aromatic heterocycles. The fraction of sp³-hybridized carbons (Fsp3) is 0.385. The maximum atomic E-state index is 11.7. The van der Waals surface area contributed by atoms with Crippen molar-refractivity contribution in [2.24, 2.45) is 16.5 Å². The van der Waals surface area contributed by atoms with Crippen LogP contribution in [-0.4, -0.2) is 30.1 Å². The summed E-state index contributed by atoms with van der Waals surface area (Å²) in [6.45, 7) is 1.21. The van der Waals surface area contributed by atoms with Crippen LogP contribution in [0.5, 0.6) is 5.75 Å². The molecule has 0 spiro atoms. The fourth-order valence-electron chi connectivity index (χ4n) is 1.57. The summed E-state index contributed by atoms with van der Waals surface area (Å²) in [7, 11) is 0. The largest absolute Gasteiger partial charge is 0.508 e. The van der Waals surface area contributed by atoms with E-state index < -0.39 is 0 Å². The molecule has 19 heavy (non-hydrogen) atoms. The van der Waals surface area contributed by atoms with E-state index in [4.69, 9.17) is 11.5 Å². The number of phenols is 1. The maximum absolute atomic E-state index is 11.7. The van der Waals surface area contributed by atoms with Gasteiger partial charge in [0.15, 0.2) is 5.96 Å². The number of hydrogen-bond donors (Lipinski definition) is 4. The van der Waals surface area contributed by atoms with Crippen molar-refractivity contribution >= 4 is 11.9 Å². The minimum Gasteiger partial charge on any atom is -0.508 e. The smallest absolute Gasteiger partial charge is 0.251 e. The Kier molecular flexibility index (Phi) is 6.21. The molecule has 104 valence electrons. The van der Waals surface area contributed by atoms with Gasteiger partial charge in [-0.25, -0.2) is 0 Å². The van der Waals surface area contributed by atoms with Crippen LogP contribution in [0.25, 0.3) is 0 Å². The van der Waals surface area contributed by atoms with Gasteiger partial charge < -0.3 is 21.9 Å². The second-order valence-corrected chi connectivity index (χ2v) is 4.17. The second-order valence-electron chi connectivity index (χ2n) is 4.17. The molecule has 0 saturated heterocycles. The van der Waals surface area contributed by atoms with Crippen molar-refractivity contribution in [1.82, 2.24) is 5.32 Å². The maximum Gasteiger partial charge on any atom is 0.251 e. The van der Waals surface area contributed by atoms with E-state index in [1.807, 2.05) is 0 Å². The number of aromatic hydroxyl groups is 1. The summed E-state index contributed by atoms with van der Waals surface area (Å²) < 4.78 is 0. The number of carbonyl (C=O) groups excluding carboxylic acids is 1. The first-order valence-electron chi connectivity index (χ1n) is 6.22. The number of carbonyl (C=O) groups is 1. The molecule has 0 radical (unpaired) electrons. The summed E-state index contributed by atoms with van der Waals surface area (Å²) in [4.78, 5) is 15.6. The molecule has 0 bridgehead atoms. The summed E-state index contributed by atoms with van der Waals surface area (Å²) in [5.41, 5.74) is 10.9. The molecule has 0 saturated carbocycles. The molecule has 0 unspecified atom stereocenters. The standard InChI is InChI=1S/C13H20N4O2/c14-13(15)17-8-3-1-2-7-16-12(19)10-5-4-6-11(18)9-10/h4-6,9,18H,1-3,7-8H2,(H,16,19)(H4,14,15,17). The van der Waals surface area contributed by atoms with E-state index >= 15 is 0 Å². The summed E-state index contributed by atoms with van der Waals surface area (Å²) in [6, 6.07) is 6.27. The van der Waals surface area contributed by atoms with Gasteiger partial charge in [-0.1, -0.05) is 6.07 Å². The van der Waals surface area contributed by atoms with Crippen LogP contribution in [0.2, 0.25) is 0 Å². The van der Waals surface area contributed by atoms with E-state index in [2.05, 4.69) is 10.3 Å². The van der Waals surface area contributed by atoms with Gasteiger partial charge in [0.25, 0.3) is 5.91 Å². The molecule has 0 aliphatic heterocycles. The predicted molar refractivity (Wildman–Crippen MR) is 75.0 cm³/mol. The highest BCUT2D eigenvalue weighted by Gasteiger charge is 2.04. The normalized spacial score (nSPS) is 9.89. The third kappa shape index (κ3) is 6.30. The van der Waals surface area contributed by atoms with Gasteiger partial charge in [0.1, 0.15) is 5.75 Å². The van der Waals surface area contributed by atoms with Crippen LogP contribution in [0.1, 0.15) is 29.6 Å². The van der Waals surface area contributed by atoms with E-state index in [0.717, 1.165) is 19.3 Å². The summed E-state index contributed by atoms with van der Waals surface area (Å²) in [5, 5.41) is 12.1. The van der Waals surface area contributed by atoms with Crippen molar-refractivity contribution < 1.29 is 9.90 Å². The Balaban J connectivity index is 2.16. The minimum absolute atomic E-state index is 0.0879. The highest BCUT2D eigenvalue weighted by molar-refractivity contribution is 5.94. The molecule has 6 N–H and O–H groups in total. The lowest BCUT2D eigenvalue weighted by atomic mass is 10.2. The van der Waals surface area contributed by atoms with Crippen LogP contribution in [0.15, 0.2) is 29.3 Å². The van der Waals surface area contributed by atoms with E-state index in [1.54, 1.807) is 12.1 Å². The van der Waals surface area contributed by atoms with Gasteiger partial charge >= 0.3 is 0 Å². The fourth-order valence-corrected chi connectivity index (χ4v) is 1.57. The second kappa shape index (κ2) is 7.97. The molecule has 1 amide bonds. The number of nitrogens with two attached hydrogens (primary N) is 2. The quantitative estimate of drug-likeness (QED) is 0.327. The van der Waals surface area contributed by atoms with E-state index in [-0.39, 0.29) is 17.6 Å². The van der Waals surface area contributed by atoms with Gasteiger partial charge in [0.2, 0.25) is 0 Å². The van der Waals surface area contributed by atoms with Crippen molar-refractivity contribution in [2.75, 3.05) is 13.1 Å². The first kappa shape index (κ1) is 14.8. The molecule has 0 aliphatic rings. The first-order valence-corrected chi connectivity index (χ1v) is 6.22. The number of unbranched alkanes of at least 4 members (excludes halogenated alkanes) is 2. The molecule has 1 aromatic rings. The van der Waals surface area contributed by atoms with Crippen molar-refractivity contribution in [3.8, 4) is 5.75 Å². The topological polar surface area (TPSA) is 114 Å². The molecule has 0 fully saturated rings. The Morgan fingerprint density at radius 1 is 1.26 bits per heavy atom. The van der Waals surface area contributed by atoms with Crippen molar-refractivity contribution in [1.29, 1.82) is 0 Å². The monoisotopic (exact) mass is 264 g/mol. The Hall–Kier alpha value is -2.24. The van der Waals surface area contributed by atoms with Gasteiger partial charge in [-0.2, -0.15) is 0 Å². The number of amides is 1. The first-order chi connectivity index (χ1) is 9.09.